The molecule has 0 aromatic heterocycles. The molecule has 0 saturated carbocycles. The van der Waals surface area contributed by atoms with Gasteiger partial charge in [-0.2, -0.15) is 5.10 Å². The molecule has 3 rings (SSSR count). The highest BCUT2D eigenvalue weighted by Gasteiger charge is 2.14. The molecular formula is C22H18N4O4. The average Bonchev–Trinajstić information content (AvgIpc) is 2.75. The summed E-state index contributed by atoms with van der Waals surface area (Å²) in [6.07, 6.45) is 1.52. The number of anilines is 1. The van der Waals surface area contributed by atoms with Crippen molar-refractivity contribution in [3.63, 3.8) is 0 Å². The zero-order valence-corrected chi connectivity index (χ0v) is 16.0. The van der Waals surface area contributed by atoms with Crippen LogP contribution in [0.25, 0.3) is 0 Å². The first-order valence-corrected chi connectivity index (χ1v) is 8.99. The topological polar surface area (TPSA) is 114 Å². The third-order valence-electron chi connectivity index (χ3n) is 4.22. The van der Waals surface area contributed by atoms with E-state index in [1.54, 1.807) is 24.3 Å². The normalized spacial score (nSPS) is 10.6. The number of aryl methyl sites for hydroxylation is 1. The van der Waals surface area contributed by atoms with Gasteiger partial charge in [0.2, 0.25) is 0 Å². The van der Waals surface area contributed by atoms with Crippen molar-refractivity contribution in [2.45, 2.75) is 6.92 Å². The first kappa shape index (κ1) is 20.4. The molecule has 150 valence electrons. The number of carbonyl (C=O) groups is 2. The molecular weight excluding hydrogens is 384 g/mol. The molecule has 0 radical (unpaired) electrons. The summed E-state index contributed by atoms with van der Waals surface area (Å²) in [6, 6.07) is 19.3. The van der Waals surface area contributed by atoms with Crippen LogP contribution in [-0.2, 0) is 0 Å². The second kappa shape index (κ2) is 9.24. The highest BCUT2D eigenvalue weighted by Crippen LogP contribution is 2.18. The van der Waals surface area contributed by atoms with Crippen molar-refractivity contribution >= 4 is 29.4 Å². The Bertz CT molecular complexity index is 1110. The van der Waals surface area contributed by atoms with Crippen molar-refractivity contribution in [2.75, 3.05) is 5.32 Å². The van der Waals surface area contributed by atoms with Crippen molar-refractivity contribution in [3.05, 3.63) is 105 Å². The Morgan fingerprint density at radius 1 is 0.933 bits per heavy atom. The zero-order valence-electron chi connectivity index (χ0n) is 16.0. The van der Waals surface area contributed by atoms with Crippen LogP contribution in [0.5, 0.6) is 0 Å². The van der Waals surface area contributed by atoms with Crippen molar-refractivity contribution in [1.82, 2.24) is 5.43 Å². The van der Waals surface area contributed by atoms with Crippen molar-refractivity contribution < 1.29 is 14.5 Å². The molecule has 8 heteroatoms. The van der Waals surface area contributed by atoms with Gasteiger partial charge in [0.25, 0.3) is 17.5 Å². The standard InChI is InChI=1S/C22H18N4O4/c1-15-6-8-16(9-7-15)14-23-25-22(28)19-4-2-3-5-20(19)24-21(27)17-10-12-18(13-11-17)26(29)30/h2-14H,1H3,(H,24,27)(H,25,28)/b23-14-. The lowest BCUT2D eigenvalue weighted by Gasteiger charge is -2.10. The summed E-state index contributed by atoms with van der Waals surface area (Å²) in [5.41, 5.74) is 5.04. The van der Waals surface area contributed by atoms with Gasteiger partial charge in [-0.05, 0) is 36.8 Å². The lowest BCUT2D eigenvalue weighted by molar-refractivity contribution is -0.384. The summed E-state index contributed by atoms with van der Waals surface area (Å²) < 4.78 is 0. The van der Waals surface area contributed by atoms with Gasteiger partial charge in [0.1, 0.15) is 0 Å². The molecule has 0 saturated heterocycles. The van der Waals surface area contributed by atoms with Gasteiger partial charge in [0, 0.05) is 17.7 Å². The van der Waals surface area contributed by atoms with E-state index < -0.39 is 16.7 Å². The molecule has 2 N–H and O–H groups in total. The quantitative estimate of drug-likeness (QED) is 0.369. The number of amides is 2. The summed E-state index contributed by atoms with van der Waals surface area (Å²) in [4.78, 5) is 35.1. The minimum absolute atomic E-state index is 0.113. The van der Waals surface area contributed by atoms with Gasteiger partial charge in [0.15, 0.2) is 0 Å². The van der Waals surface area contributed by atoms with Crippen LogP contribution >= 0.6 is 0 Å². The maximum absolute atomic E-state index is 12.5. The maximum atomic E-state index is 12.5. The highest BCUT2D eigenvalue weighted by molar-refractivity contribution is 6.09. The number of carbonyl (C=O) groups excluding carboxylic acids is 2. The Balaban J connectivity index is 1.70. The number of para-hydroxylation sites is 1. The molecule has 8 nitrogen and oxygen atoms in total. The van der Waals surface area contributed by atoms with E-state index >= 15 is 0 Å². The van der Waals surface area contributed by atoms with E-state index in [1.807, 2.05) is 31.2 Å². The van der Waals surface area contributed by atoms with E-state index in [-0.39, 0.29) is 16.8 Å². The molecule has 0 atom stereocenters. The SMILES string of the molecule is Cc1ccc(/C=N\NC(=O)c2ccccc2NC(=O)c2ccc([N+](=O)[O-])cc2)cc1. The Morgan fingerprint density at radius 2 is 1.60 bits per heavy atom. The van der Waals surface area contributed by atoms with E-state index in [2.05, 4.69) is 15.8 Å². The second-order valence-corrected chi connectivity index (χ2v) is 6.41. The molecule has 0 spiro atoms. The Labute approximate surface area is 172 Å². The number of nitro benzene ring substituents is 1. The van der Waals surface area contributed by atoms with E-state index in [1.165, 1.54) is 30.5 Å². The lowest BCUT2D eigenvalue weighted by Crippen LogP contribution is -2.21. The fraction of sp³-hybridized carbons (Fsp3) is 0.0455. The van der Waals surface area contributed by atoms with Gasteiger partial charge < -0.3 is 5.32 Å². The van der Waals surface area contributed by atoms with Crippen LogP contribution < -0.4 is 10.7 Å². The monoisotopic (exact) mass is 402 g/mol. The molecule has 3 aromatic rings. The third-order valence-corrected chi connectivity index (χ3v) is 4.22. The zero-order chi connectivity index (χ0) is 21.5. The third kappa shape index (κ3) is 5.14. The van der Waals surface area contributed by atoms with E-state index in [4.69, 9.17) is 0 Å². The molecule has 2 amide bonds. The largest absolute Gasteiger partial charge is 0.321 e. The van der Waals surface area contributed by atoms with Gasteiger partial charge >= 0.3 is 0 Å². The van der Waals surface area contributed by atoms with E-state index in [9.17, 15) is 19.7 Å². The molecule has 3 aromatic carbocycles. The van der Waals surface area contributed by atoms with Crippen LogP contribution in [0, 0.1) is 17.0 Å². The van der Waals surface area contributed by atoms with E-state index in [0.717, 1.165) is 11.1 Å². The minimum atomic E-state index is -0.543. The van der Waals surface area contributed by atoms with Crippen molar-refractivity contribution in [1.29, 1.82) is 0 Å². The fourth-order valence-electron chi connectivity index (χ4n) is 2.60. The van der Waals surface area contributed by atoms with Crippen molar-refractivity contribution in [3.8, 4) is 0 Å². The minimum Gasteiger partial charge on any atom is -0.321 e. The fourth-order valence-corrected chi connectivity index (χ4v) is 2.60. The molecule has 0 fully saturated rings. The summed E-state index contributed by atoms with van der Waals surface area (Å²) >= 11 is 0. The highest BCUT2D eigenvalue weighted by atomic mass is 16.6. The Kier molecular flexibility index (Phi) is 6.29. The Hall–Kier alpha value is -4.33. The molecule has 0 unspecified atom stereocenters. The average molecular weight is 402 g/mol. The van der Waals surface area contributed by atoms with Crippen LogP contribution in [0.2, 0.25) is 0 Å². The number of nitrogens with zero attached hydrogens (tertiary/aromatic N) is 2. The molecule has 0 aliphatic rings. The van der Waals surface area contributed by atoms with Crippen LogP contribution in [0.3, 0.4) is 0 Å². The molecule has 30 heavy (non-hydrogen) atoms. The van der Waals surface area contributed by atoms with Gasteiger partial charge in [0.05, 0.1) is 22.4 Å². The number of rotatable bonds is 6. The van der Waals surface area contributed by atoms with Crippen LogP contribution in [0.4, 0.5) is 11.4 Å². The number of hydrogen-bond donors (Lipinski definition) is 2. The molecule has 0 aliphatic carbocycles. The number of nitrogens with one attached hydrogen (secondary N) is 2. The molecule has 0 heterocycles. The van der Waals surface area contributed by atoms with Crippen LogP contribution in [0.15, 0.2) is 77.9 Å². The number of benzene rings is 3. The second-order valence-electron chi connectivity index (χ2n) is 6.41. The smallest absolute Gasteiger partial charge is 0.273 e. The maximum Gasteiger partial charge on any atom is 0.273 e. The summed E-state index contributed by atoms with van der Waals surface area (Å²) in [5.74, 6) is -0.980. The molecule has 0 bridgehead atoms. The summed E-state index contributed by atoms with van der Waals surface area (Å²) in [7, 11) is 0. The predicted molar refractivity (Wildman–Crippen MR) is 114 cm³/mol. The summed E-state index contributed by atoms with van der Waals surface area (Å²) in [6.45, 7) is 1.98. The van der Waals surface area contributed by atoms with Gasteiger partial charge in [-0.3, -0.25) is 19.7 Å². The van der Waals surface area contributed by atoms with Crippen molar-refractivity contribution in [2.24, 2.45) is 5.10 Å². The number of hydrogen-bond acceptors (Lipinski definition) is 5. The van der Waals surface area contributed by atoms with Crippen LogP contribution in [0.1, 0.15) is 31.8 Å². The number of nitro groups is 1. The van der Waals surface area contributed by atoms with Crippen LogP contribution in [-0.4, -0.2) is 23.0 Å². The predicted octanol–water partition coefficient (Wildman–Crippen LogP) is 3.92. The summed E-state index contributed by atoms with van der Waals surface area (Å²) in [5, 5.41) is 17.3. The van der Waals surface area contributed by atoms with Gasteiger partial charge in [-0.25, -0.2) is 5.43 Å². The first-order chi connectivity index (χ1) is 14.4. The van der Waals surface area contributed by atoms with Gasteiger partial charge in [-0.1, -0.05) is 42.0 Å². The number of hydrazone groups is 1. The first-order valence-electron chi connectivity index (χ1n) is 8.99. The lowest BCUT2D eigenvalue weighted by atomic mass is 10.1. The van der Waals surface area contributed by atoms with E-state index in [0.29, 0.717) is 5.69 Å². The molecule has 0 aliphatic heterocycles. The Morgan fingerprint density at radius 3 is 2.27 bits per heavy atom. The van der Waals surface area contributed by atoms with Gasteiger partial charge in [-0.15, -0.1) is 0 Å². The number of non-ortho nitro benzene ring substituents is 1.